The highest BCUT2D eigenvalue weighted by atomic mass is 35.5. The van der Waals surface area contributed by atoms with Crippen molar-refractivity contribution in [2.24, 2.45) is 0 Å². The van der Waals surface area contributed by atoms with E-state index < -0.39 is 11.6 Å². The molecule has 0 atom stereocenters. The first-order chi connectivity index (χ1) is 9.06. The number of ether oxygens (including phenoxy) is 1. The van der Waals surface area contributed by atoms with Gasteiger partial charge in [-0.25, -0.2) is 4.98 Å². The molecule has 2 heterocycles. The Labute approximate surface area is 114 Å². The van der Waals surface area contributed by atoms with E-state index in [2.05, 4.69) is 9.97 Å². The van der Waals surface area contributed by atoms with E-state index >= 15 is 0 Å². The van der Waals surface area contributed by atoms with Crippen molar-refractivity contribution in [1.29, 1.82) is 0 Å². The highest BCUT2D eigenvalue weighted by Crippen LogP contribution is 2.32. The normalized spacial score (nSPS) is 9.74. The standard InChI is InChI=1S/C11H9ClN2O3.CH4O/c1-5(15)10(16)6-3-13-9-8(6)7(17-2)4-14-11(9)12;1-2/h3-4,13H,1-2H3;2H,1H3. The Bertz CT molecular complexity index is 621. The number of H-pyrrole nitrogens is 1. The first-order valence-corrected chi connectivity index (χ1v) is 5.63. The predicted molar refractivity (Wildman–Crippen MR) is 70.8 cm³/mol. The number of methoxy groups -OCH3 is 1. The molecule has 0 spiro atoms. The molecule has 0 aliphatic heterocycles. The molecule has 0 bridgehead atoms. The average Bonchev–Trinajstić information content (AvgIpc) is 2.86. The number of ketones is 2. The number of hydrogen-bond donors (Lipinski definition) is 2. The van der Waals surface area contributed by atoms with E-state index in [1.54, 1.807) is 0 Å². The van der Waals surface area contributed by atoms with Crippen molar-refractivity contribution in [3.63, 3.8) is 0 Å². The molecule has 0 aliphatic carbocycles. The van der Waals surface area contributed by atoms with Crippen LogP contribution in [0, 0.1) is 0 Å². The van der Waals surface area contributed by atoms with Gasteiger partial charge in [-0.05, 0) is 0 Å². The number of hydrogen-bond acceptors (Lipinski definition) is 5. The first kappa shape index (κ1) is 15.1. The number of aromatic amines is 1. The molecule has 2 N–H and O–H groups in total. The number of nitrogens with zero attached hydrogens (tertiary/aromatic N) is 1. The Morgan fingerprint density at radius 2 is 2.05 bits per heavy atom. The summed E-state index contributed by atoms with van der Waals surface area (Å²) in [6.07, 6.45) is 2.85. The number of carbonyl (C=O) groups is 2. The average molecular weight is 285 g/mol. The molecule has 0 unspecified atom stereocenters. The summed E-state index contributed by atoms with van der Waals surface area (Å²) in [7, 11) is 2.46. The highest BCUT2D eigenvalue weighted by molar-refractivity contribution is 6.46. The number of halogens is 1. The Morgan fingerprint density at radius 1 is 1.42 bits per heavy atom. The van der Waals surface area contributed by atoms with Crippen LogP contribution >= 0.6 is 11.6 Å². The van der Waals surface area contributed by atoms with E-state index in [1.165, 1.54) is 26.4 Å². The van der Waals surface area contributed by atoms with Gasteiger partial charge in [0.1, 0.15) is 5.75 Å². The van der Waals surface area contributed by atoms with Crippen molar-refractivity contribution in [1.82, 2.24) is 9.97 Å². The van der Waals surface area contributed by atoms with Crippen LogP contribution in [0.1, 0.15) is 17.3 Å². The van der Waals surface area contributed by atoms with E-state index in [-0.39, 0.29) is 10.7 Å². The van der Waals surface area contributed by atoms with Crippen molar-refractivity contribution in [2.75, 3.05) is 14.2 Å². The number of aromatic nitrogens is 2. The summed E-state index contributed by atoms with van der Waals surface area (Å²) >= 11 is 5.89. The summed E-state index contributed by atoms with van der Waals surface area (Å²) in [5, 5.41) is 7.70. The highest BCUT2D eigenvalue weighted by Gasteiger charge is 2.20. The summed E-state index contributed by atoms with van der Waals surface area (Å²) in [5.41, 5.74) is 0.726. The number of aliphatic hydroxyl groups is 1. The van der Waals surface area contributed by atoms with Gasteiger partial charge in [-0.2, -0.15) is 0 Å². The van der Waals surface area contributed by atoms with Crippen LogP contribution in [-0.2, 0) is 4.79 Å². The molecule has 0 saturated heterocycles. The summed E-state index contributed by atoms with van der Waals surface area (Å²) < 4.78 is 5.11. The lowest BCUT2D eigenvalue weighted by atomic mass is 10.1. The molecule has 0 aromatic carbocycles. The Balaban J connectivity index is 0.000000861. The Morgan fingerprint density at radius 3 is 2.58 bits per heavy atom. The van der Waals surface area contributed by atoms with Crippen LogP contribution in [0.15, 0.2) is 12.4 Å². The quantitative estimate of drug-likeness (QED) is 0.507. The molecule has 6 nitrogen and oxygen atoms in total. The summed E-state index contributed by atoms with van der Waals surface area (Å²) in [4.78, 5) is 29.6. The maximum Gasteiger partial charge on any atom is 0.230 e. The lowest BCUT2D eigenvalue weighted by molar-refractivity contribution is -0.113. The third-order valence-corrected chi connectivity index (χ3v) is 2.70. The second-order valence-electron chi connectivity index (χ2n) is 3.46. The first-order valence-electron chi connectivity index (χ1n) is 5.25. The molecule has 2 aromatic heterocycles. The predicted octanol–water partition coefficient (Wildman–Crippen LogP) is 1.61. The Kier molecular flexibility index (Phi) is 5.02. The molecule has 0 radical (unpaired) electrons. The monoisotopic (exact) mass is 284 g/mol. The maximum absolute atomic E-state index is 11.7. The molecule has 2 aromatic rings. The molecule has 0 saturated carbocycles. The maximum atomic E-state index is 11.7. The molecule has 0 fully saturated rings. The molecule has 0 aliphatic rings. The van der Waals surface area contributed by atoms with Crippen molar-refractivity contribution < 1.29 is 19.4 Å². The van der Waals surface area contributed by atoms with Crippen LogP contribution in [0.4, 0.5) is 0 Å². The Hall–Kier alpha value is -1.92. The van der Waals surface area contributed by atoms with E-state index in [9.17, 15) is 9.59 Å². The minimum Gasteiger partial charge on any atom is -0.494 e. The SMILES string of the molecule is CO.COc1cnc(Cl)c2[nH]cc(C(=O)C(C)=O)c12. The molecular weight excluding hydrogens is 272 g/mol. The third kappa shape index (κ3) is 2.74. The molecule has 0 amide bonds. The fraction of sp³-hybridized carbons (Fsp3) is 0.250. The van der Waals surface area contributed by atoms with Crippen LogP contribution in [0.25, 0.3) is 10.9 Å². The van der Waals surface area contributed by atoms with Crippen LogP contribution in [0.3, 0.4) is 0 Å². The van der Waals surface area contributed by atoms with Gasteiger partial charge >= 0.3 is 0 Å². The summed E-state index contributed by atoms with van der Waals surface area (Å²) in [6.45, 7) is 1.22. The fourth-order valence-corrected chi connectivity index (χ4v) is 1.81. The van der Waals surface area contributed by atoms with Gasteiger partial charge < -0.3 is 14.8 Å². The fourth-order valence-electron chi connectivity index (χ4n) is 1.61. The smallest absolute Gasteiger partial charge is 0.230 e. The second kappa shape index (κ2) is 6.31. The third-order valence-electron chi connectivity index (χ3n) is 2.41. The summed E-state index contributed by atoms with van der Waals surface area (Å²) in [5.74, 6) is -0.729. The molecule has 19 heavy (non-hydrogen) atoms. The zero-order valence-electron chi connectivity index (χ0n) is 10.7. The number of rotatable bonds is 3. The van der Waals surface area contributed by atoms with Gasteiger partial charge in [0.15, 0.2) is 10.9 Å². The van der Waals surface area contributed by atoms with Gasteiger partial charge in [-0.15, -0.1) is 0 Å². The van der Waals surface area contributed by atoms with E-state index in [1.807, 2.05) is 0 Å². The van der Waals surface area contributed by atoms with Gasteiger partial charge in [0.25, 0.3) is 0 Å². The van der Waals surface area contributed by atoms with Crippen LogP contribution in [0.5, 0.6) is 5.75 Å². The van der Waals surface area contributed by atoms with Crippen LogP contribution in [-0.4, -0.2) is 40.9 Å². The van der Waals surface area contributed by atoms with E-state index in [0.717, 1.165) is 7.11 Å². The van der Waals surface area contributed by atoms with Gasteiger partial charge in [-0.3, -0.25) is 9.59 Å². The number of pyridine rings is 1. The van der Waals surface area contributed by atoms with Crippen LogP contribution in [0.2, 0.25) is 5.15 Å². The zero-order valence-corrected chi connectivity index (χ0v) is 11.4. The lowest BCUT2D eigenvalue weighted by Gasteiger charge is -2.03. The van der Waals surface area contributed by atoms with Gasteiger partial charge in [0.05, 0.1) is 29.8 Å². The van der Waals surface area contributed by atoms with E-state index in [4.69, 9.17) is 21.4 Å². The molecule has 7 heteroatoms. The van der Waals surface area contributed by atoms with Crippen molar-refractivity contribution in [3.05, 3.63) is 23.1 Å². The van der Waals surface area contributed by atoms with Crippen LogP contribution < -0.4 is 4.74 Å². The van der Waals surface area contributed by atoms with Crippen molar-refractivity contribution in [3.8, 4) is 5.75 Å². The van der Waals surface area contributed by atoms with Gasteiger partial charge in [0, 0.05) is 20.2 Å². The van der Waals surface area contributed by atoms with E-state index in [0.29, 0.717) is 16.7 Å². The van der Waals surface area contributed by atoms with Gasteiger partial charge in [0.2, 0.25) is 5.78 Å². The zero-order chi connectivity index (χ0) is 14.6. The van der Waals surface area contributed by atoms with Crippen molar-refractivity contribution >= 4 is 34.1 Å². The number of Topliss-reactive ketones (excluding diaryl/α,β-unsaturated/α-hetero) is 2. The van der Waals surface area contributed by atoms with Crippen molar-refractivity contribution in [2.45, 2.75) is 6.92 Å². The largest absolute Gasteiger partial charge is 0.494 e. The minimum absolute atomic E-state index is 0.225. The second-order valence-corrected chi connectivity index (χ2v) is 3.81. The minimum atomic E-state index is -0.586. The molecule has 2 rings (SSSR count). The summed E-state index contributed by atoms with van der Waals surface area (Å²) in [6, 6.07) is 0. The number of carbonyl (C=O) groups excluding carboxylic acids is 2. The molecule has 102 valence electrons. The number of aliphatic hydroxyl groups excluding tert-OH is 1. The number of nitrogens with one attached hydrogen (secondary N) is 1. The number of fused-ring (bicyclic) bond motifs is 1. The van der Waals surface area contributed by atoms with Gasteiger partial charge in [-0.1, -0.05) is 11.6 Å². The topological polar surface area (TPSA) is 92.3 Å². The lowest BCUT2D eigenvalue weighted by Crippen LogP contribution is -2.09. The molecular formula is C12H13ClN2O4.